The molecule has 31 heavy (non-hydrogen) atoms. The minimum atomic E-state index is 0.315. The molecule has 1 aromatic carbocycles. The van der Waals surface area contributed by atoms with Crippen molar-refractivity contribution >= 4 is 22.6 Å². The first kappa shape index (κ1) is 20.2. The van der Waals surface area contributed by atoms with Gasteiger partial charge in [0.2, 0.25) is 5.91 Å². The van der Waals surface area contributed by atoms with Crippen molar-refractivity contribution in [3.63, 3.8) is 0 Å². The third-order valence-corrected chi connectivity index (χ3v) is 7.40. The highest BCUT2D eigenvalue weighted by atomic mass is 16.2. The fourth-order valence-electron chi connectivity index (χ4n) is 5.24. The van der Waals surface area contributed by atoms with Gasteiger partial charge in [-0.3, -0.25) is 9.69 Å². The zero-order chi connectivity index (χ0) is 21.2. The van der Waals surface area contributed by atoms with E-state index in [9.17, 15) is 10.1 Å². The molecule has 7 nitrogen and oxygen atoms in total. The molecule has 2 heterocycles. The molecule has 2 aliphatic carbocycles. The van der Waals surface area contributed by atoms with Crippen molar-refractivity contribution < 1.29 is 4.79 Å². The van der Waals surface area contributed by atoms with Gasteiger partial charge in [-0.1, -0.05) is 6.42 Å². The van der Waals surface area contributed by atoms with E-state index in [0.717, 1.165) is 68.6 Å². The molecule has 3 fully saturated rings. The molecule has 1 saturated heterocycles. The lowest BCUT2D eigenvalue weighted by Crippen LogP contribution is -2.54. The van der Waals surface area contributed by atoms with E-state index in [2.05, 4.69) is 31.2 Å². The maximum absolute atomic E-state index is 12.5. The van der Waals surface area contributed by atoms with E-state index in [-0.39, 0.29) is 0 Å². The molecule has 0 spiro atoms. The van der Waals surface area contributed by atoms with E-state index >= 15 is 0 Å². The van der Waals surface area contributed by atoms with Crippen molar-refractivity contribution in [2.75, 3.05) is 31.5 Å². The van der Waals surface area contributed by atoms with Crippen LogP contribution in [0.2, 0.25) is 0 Å². The average molecular weight is 419 g/mol. The molecule has 5 rings (SSSR count). The zero-order valence-corrected chi connectivity index (χ0v) is 18.0. The maximum Gasteiger partial charge on any atom is 0.225 e. The topological polar surface area (TPSA) is 85.2 Å². The second-order valence-electron chi connectivity index (χ2n) is 9.20. The van der Waals surface area contributed by atoms with Gasteiger partial charge in [0.25, 0.3) is 0 Å². The number of amides is 1. The van der Waals surface area contributed by atoms with Gasteiger partial charge >= 0.3 is 0 Å². The summed E-state index contributed by atoms with van der Waals surface area (Å²) in [5.74, 6) is 1.54. The Morgan fingerprint density at radius 1 is 1.03 bits per heavy atom. The SMILES string of the molecule is N#Cc1ccc2ncnc(N[C@H]3CC[C@H](N4CCN(C(=O)C5CCC5)CC4)CC3)c2c1. The van der Waals surface area contributed by atoms with E-state index in [1.165, 1.54) is 19.3 Å². The Kier molecular flexibility index (Phi) is 5.73. The Labute approximate surface area is 183 Å². The number of hydrogen-bond acceptors (Lipinski definition) is 6. The summed E-state index contributed by atoms with van der Waals surface area (Å²) in [4.78, 5) is 26.0. The van der Waals surface area contributed by atoms with Crippen LogP contribution in [0.1, 0.15) is 50.5 Å². The smallest absolute Gasteiger partial charge is 0.225 e. The van der Waals surface area contributed by atoms with Crippen molar-refractivity contribution in [1.29, 1.82) is 5.26 Å². The second-order valence-corrected chi connectivity index (χ2v) is 9.20. The average Bonchev–Trinajstić information content (AvgIpc) is 2.78. The third-order valence-electron chi connectivity index (χ3n) is 7.40. The summed E-state index contributed by atoms with van der Waals surface area (Å²) in [5, 5.41) is 13.7. The van der Waals surface area contributed by atoms with E-state index in [1.807, 2.05) is 12.1 Å². The lowest BCUT2D eigenvalue weighted by atomic mass is 9.84. The number of carbonyl (C=O) groups is 1. The Bertz CT molecular complexity index is 981. The van der Waals surface area contributed by atoms with E-state index in [4.69, 9.17) is 0 Å². The molecule has 0 atom stereocenters. The molecule has 3 aliphatic rings. The molecule has 1 aromatic heterocycles. The summed E-state index contributed by atoms with van der Waals surface area (Å²) >= 11 is 0. The van der Waals surface area contributed by atoms with Gasteiger partial charge in [0.05, 0.1) is 17.1 Å². The molecular weight excluding hydrogens is 388 g/mol. The van der Waals surface area contributed by atoms with Crippen molar-refractivity contribution in [2.24, 2.45) is 5.92 Å². The zero-order valence-electron chi connectivity index (χ0n) is 18.0. The molecule has 1 aliphatic heterocycles. The highest BCUT2D eigenvalue weighted by molar-refractivity contribution is 5.89. The van der Waals surface area contributed by atoms with Crippen LogP contribution in [0, 0.1) is 17.2 Å². The second kappa shape index (κ2) is 8.80. The number of carbonyl (C=O) groups excluding carboxylic acids is 1. The predicted octanol–water partition coefficient (Wildman–Crippen LogP) is 3.17. The number of nitrogens with zero attached hydrogens (tertiary/aromatic N) is 5. The third kappa shape index (κ3) is 4.22. The van der Waals surface area contributed by atoms with Crippen LogP contribution in [0.15, 0.2) is 24.5 Å². The summed E-state index contributed by atoms with van der Waals surface area (Å²) < 4.78 is 0. The summed E-state index contributed by atoms with van der Waals surface area (Å²) in [5.41, 5.74) is 1.49. The molecular formula is C24H30N6O. The van der Waals surface area contributed by atoms with E-state index in [1.54, 1.807) is 12.4 Å². The fraction of sp³-hybridized carbons (Fsp3) is 0.583. The number of aromatic nitrogens is 2. The first-order chi connectivity index (χ1) is 15.2. The molecule has 0 bridgehead atoms. The molecule has 0 unspecified atom stereocenters. The lowest BCUT2D eigenvalue weighted by molar-refractivity contribution is -0.140. The molecule has 2 aromatic rings. The van der Waals surface area contributed by atoms with E-state index < -0.39 is 0 Å². The maximum atomic E-state index is 12.5. The van der Waals surface area contributed by atoms with Crippen LogP contribution < -0.4 is 5.32 Å². The van der Waals surface area contributed by atoms with Gasteiger partial charge in [-0.05, 0) is 56.7 Å². The van der Waals surface area contributed by atoms with Gasteiger partial charge in [-0.15, -0.1) is 0 Å². The van der Waals surface area contributed by atoms with Gasteiger partial charge in [0.15, 0.2) is 0 Å². The van der Waals surface area contributed by atoms with Crippen LogP contribution >= 0.6 is 0 Å². The van der Waals surface area contributed by atoms with Gasteiger partial charge in [-0.2, -0.15) is 5.26 Å². The number of benzene rings is 1. The Hall–Kier alpha value is -2.72. The Morgan fingerprint density at radius 2 is 1.81 bits per heavy atom. The molecule has 1 N–H and O–H groups in total. The predicted molar refractivity (Wildman–Crippen MR) is 119 cm³/mol. The number of nitriles is 1. The number of piperazine rings is 1. The van der Waals surface area contributed by atoms with E-state index in [0.29, 0.717) is 29.5 Å². The van der Waals surface area contributed by atoms with Crippen LogP contribution in [-0.2, 0) is 4.79 Å². The van der Waals surface area contributed by atoms with Gasteiger partial charge in [0.1, 0.15) is 12.1 Å². The molecule has 1 amide bonds. The van der Waals surface area contributed by atoms with Crippen molar-refractivity contribution in [3.05, 3.63) is 30.1 Å². The highest BCUT2D eigenvalue weighted by Crippen LogP contribution is 2.30. The van der Waals surface area contributed by atoms with Gasteiger partial charge in [-0.25, -0.2) is 9.97 Å². The van der Waals surface area contributed by atoms with Crippen LogP contribution in [0.4, 0.5) is 5.82 Å². The van der Waals surface area contributed by atoms with Crippen LogP contribution in [-0.4, -0.2) is 63.9 Å². The molecule has 162 valence electrons. The standard InChI is InChI=1S/C24H30N6O/c25-15-17-4-9-22-21(14-17)23(27-16-26-22)28-19-5-7-20(8-6-19)29-10-12-30(13-11-29)24(31)18-2-1-3-18/h4,9,14,16,18-20H,1-3,5-8,10-13H2,(H,26,27,28)/t19-,20-. The summed E-state index contributed by atoms with van der Waals surface area (Å²) in [6.07, 6.45) is 9.54. The minimum absolute atomic E-state index is 0.315. The molecule has 7 heteroatoms. The summed E-state index contributed by atoms with van der Waals surface area (Å²) in [7, 11) is 0. The van der Waals surface area contributed by atoms with Gasteiger partial charge < -0.3 is 10.2 Å². The number of anilines is 1. The minimum Gasteiger partial charge on any atom is -0.367 e. The van der Waals surface area contributed by atoms with Gasteiger partial charge in [0, 0.05) is 49.6 Å². The largest absolute Gasteiger partial charge is 0.367 e. The number of nitrogens with one attached hydrogen (secondary N) is 1. The van der Waals surface area contributed by atoms with Crippen molar-refractivity contribution in [2.45, 2.75) is 57.0 Å². The van der Waals surface area contributed by atoms with Crippen molar-refractivity contribution in [3.8, 4) is 6.07 Å². The fourth-order valence-corrected chi connectivity index (χ4v) is 5.24. The first-order valence-electron chi connectivity index (χ1n) is 11.7. The number of fused-ring (bicyclic) bond motifs is 1. The van der Waals surface area contributed by atoms with Crippen LogP contribution in [0.5, 0.6) is 0 Å². The Balaban J connectivity index is 1.14. The highest BCUT2D eigenvalue weighted by Gasteiger charge is 2.33. The van der Waals surface area contributed by atoms with Crippen LogP contribution in [0.25, 0.3) is 10.9 Å². The molecule has 0 radical (unpaired) electrons. The number of rotatable bonds is 4. The van der Waals surface area contributed by atoms with Crippen molar-refractivity contribution in [1.82, 2.24) is 19.8 Å². The summed E-state index contributed by atoms with van der Waals surface area (Å²) in [6, 6.07) is 8.75. The van der Waals surface area contributed by atoms with Crippen LogP contribution in [0.3, 0.4) is 0 Å². The number of hydrogen-bond donors (Lipinski definition) is 1. The quantitative estimate of drug-likeness (QED) is 0.821. The first-order valence-corrected chi connectivity index (χ1v) is 11.7. The molecule has 2 saturated carbocycles. The monoisotopic (exact) mass is 418 g/mol. The normalized spacial score (nSPS) is 25.1. The Morgan fingerprint density at radius 3 is 2.48 bits per heavy atom. The lowest BCUT2D eigenvalue weighted by Gasteiger charge is -2.43. The summed E-state index contributed by atoms with van der Waals surface area (Å²) in [6.45, 7) is 3.80.